The highest BCUT2D eigenvalue weighted by Crippen LogP contribution is 2.24. The summed E-state index contributed by atoms with van der Waals surface area (Å²) in [7, 11) is 3.45. The summed E-state index contributed by atoms with van der Waals surface area (Å²) in [4.78, 5) is 13.5. The molecule has 0 saturated carbocycles. The molecule has 1 aromatic carbocycles. The lowest BCUT2D eigenvalue weighted by molar-refractivity contribution is 0.0827. The molecule has 0 aliphatic carbocycles. The number of anilines is 1. The zero-order chi connectivity index (χ0) is 15.6. The fourth-order valence-electron chi connectivity index (χ4n) is 2.07. The Bertz CT molecular complexity index is 644. The summed E-state index contributed by atoms with van der Waals surface area (Å²) in [5.41, 5.74) is 4.43. The topological polar surface area (TPSA) is 61.0 Å². The zero-order valence-corrected chi connectivity index (χ0v) is 13.4. The second-order valence-electron chi connectivity index (χ2n) is 5.16. The van der Waals surface area contributed by atoms with Gasteiger partial charge in [0, 0.05) is 37.5 Å². The van der Waals surface area contributed by atoms with Gasteiger partial charge < -0.3 is 10.2 Å². The minimum absolute atomic E-state index is 0.0506. The van der Waals surface area contributed by atoms with Gasteiger partial charge in [0.25, 0.3) is 5.91 Å². The van der Waals surface area contributed by atoms with Crippen molar-refractivity contribution in [3.05, 3.63) is 45.7 Å². The van der Waals surface area contributed by atoms with Crippen molar-refractivity contribution in [1.29, 1.82) is 0 Å². The predicted octanol–water partition coefficient (Wildman–Crippen LogP) is 2.99. The molecule has 1 heterocycles. The molecule has 0 unspecified atom stereocenters. The molecule has 0 radical (unpaired) electrons. The Hall–Kier alpha value is -2.01. The van der Waals surface area contributed by atoms with E-state index < -0.39 is 0 Å². The number of hydrogen-bond donors (Lipinski definition) is 2. The summed E-state index contributed by atoms with van der Waals surface area (Å²) in [6, 6.07) is 5.23. The fraction of sp³-hybridized carbons (Fsp3) is 0.333. The number of aromatic amines is 1. The number of amides is 1. The van der Waals surface area contributed by atoms with Crippen molar-refractivity contribution in [1.82, 2.24) is 15.1 Å². The molecule has 2 rings (SSSR count). The van der Waals surface area contributed by atoms with Crippen LogP contribution in [0, 0.1) is 13.8 Å². The standard InChI is InChI=1S/C15H19ClN4O/c1-9-12(10(2)19-18-9)8-17-14-7-11(5-6-13(14)16)15(21)20(3)4/h5-7,17H,8H2,1-4H3,(H,18,19). The molecule has 0 saturated heterocycles. The van der Waals surface area contributed by atoms with E-state index in [1.165, 1.54) is 4.90 Å². The van der Waals surface area contributed by atoms with E-state index in [4.69, 9.17) is 11.6 Å². The SMILES string of the molecule is Cc1n[nH]c(C)c1CNc1cc(C(=O)N(C)C)ccc1Cl. The van der Waals surface area contributed by atoms with Crippen LogP contribution in [0.1, 0.15) is 27.3 Å². The minimum atomic E-state index is -0.0506. The maximum Gasteiger partial charge on any atom is 0.253 e. The molecule has 0 aliphatic rings. The van der Waals surface area contributed by atoms with Crippen LogP contribution in [0.3, 0.4) is 0 Å². The number of nitrogens with zero attached hydrogens (tertiary/aromatic N) is 2. The quantitative estimate of drug-likeness (QED) is 0.913. The van der Waals surface area contributed by atoms with Crippen LogP contribution in [0.25, 0.3) is 0 Å². The van der Waals surface area contributed by atoms with Crippen molar-refractivity contribution < 1.29 is 4.79 Å². The Morgan fingerprint density at radius 3 is 2.67 bits per heavy atom. The van der Waals surface area contributed by atoms with Crippen LogP contribution >= 0.6 is 11.6 Å². The smallest absolute Gasteiger partial charge is 0.253 e. The van der Waals surface area contributed by atoms with E-state index in [-0.39, 0.29) is 5.91 Å². The first-order valence-corrected chi connectivity index (χ1v) is 7.03. The van der Waals surface area contributed by atoms with Gasteiger partial charge in [-0.05, 0) is 32.0 Å². The maximum atomic E-state index is 12.0. The fourth-order valence-corrected chi connectivity index (χ4v) is 2.25. The van der Waals surface area contributed by atoms with E-state index in [0.717, 1.165) is 22.6 Å². The molecule has 0 atom stereocenters. The van der Waals surface area contributed by atoms with Gasteiger partial charge in [-0.2, -0.15) is 5.10 Å². The van der Waals surface area contributed by atoms with Crippen LogP contribution in [-0.2, 0) is 6.54 Å². The van der Waals surface area contributed by atoms with Gasteiger partial charge in [-0.15, -0.1) is 0 Å². The highest BCUT2D eigenvalue weighted by Gasteiger charge is 2.12. The third-order valence-corrected chi connectivity index (χ3v) is 3.69. The minimum Gasteiger partial charge on any atom is -0.380 e. The number of H-pyrrole nitrogens is 1. The summed E-state index contributed by atoms with van der Waals surface area (Å²) in [5, 5.41) is 11.0. The van der Waals surface area contributed by atoms with Crippen molar-refractivity contribution in [2.24, 2.45) is 0 Å². The molecular weight excluding hydrogens is 288 g/mol. The first-order valence-electron chi connectivity index (χ1n) is 6.65. The molecule has 1 aromatic heterocycles. The summed E-state index contributed by atoms with van der Waals surface area (Å²) >= 11 is 6.19. The van der Waals surface area contributed by atoms with Crippen LogP contribution in [0.4, 0.5) is 5.69 Å². The van der Waals surface area contributed by atoms with Crippen LogP contribution in [-0.4, -0.2) is 35.1 Å². The third kappa shape index (κ3) is 3.36. The van der Waals surface area contributed by atoms with Crippen LogP contribution in [0.15, 0.2) is 18.2 Å². The van der Waals surface area contributed by atoms with Crippen molar-refractivity contribution in [2.45, 2.75) is 20.4 Å². The maximum absolute atomic E-state index is 12.0. The van der Waals surface area contributed by atoms with Gasteiger partial charge in [-0.1, -0.05) is 11.6 Å². The van der Waals surface area contributed by atoms with Gasteiger partial charge in [0.15, 0.2) is 0 Å². The number of nitrogens with one attached hydrogen (secondary N) is 2. The molecule has 0 spiro atoms. The first kappa shape index (κ1) is 15.4. The molecular formula is C15H19ClN4O. The van der Waals surface area contributed by atoms with Crippen LogP contribution < -0.4 is 5.32 Å². The van der Waals surface area contributed by atoms with Gasteiger partial charge in [0.05, 0.1) is 16.4 Å². The summed E-state index contributed by atoms with van der Waals surface area (Å²) in [6.07, 6.45) is 0. The molecule has 0 fully saturated rings. The number of benzene rings is 1. The monoisotopic (exact) mass is 306 g/mol. The zero-order valence-electron chi connectivity index (χ0n) is 12.6. The number of hydrogen-bond acceptors (Lipinski definition) is 3. The predicted molar refractivity (Wildman–Crippen MR) is 84.9 cm³/mol. The summed E-state index contributed by atoms with van der Waals surface area (Å²) in [6.45, 7) is 4.53. The number of aryl methyl sites for hydroxylation is 2. The molecule has 0 bridgehead atoms. The Balaban J connectivity index is 2.20. The van der Waals surface area contributed by atoms with Gasteiger partial charge >= 0.3 is 0 Å². The third-order valence-electron chi connectivity index (χ3n) is 3.36. The lowest BCUT2D eigenvalue weighted by Gasteiger charge is -2.13. The summed E-state index contributed by atoms with van der Waals surface area (Å²) < 4.78 is 0. The van der Waals surface area contributed by atoms with Gasteiger partial charge in [0.1, 0.15) is 0 Å². The lowest BCUT2D eigenvalue weighted by Crippen LogP contribution is -2.21. The molecule has 5 nitrogen and oxygen atoms in total. The Morgan fingerprint density at radius 1 is 1.38 bits per heavy atom. The average Bonchev–Trinajstić information content (AvgIpc) is 2.76. The van der Waals surface area contributed by atoms with E-state index in [0.29, 0.717) is 17.1 Å². The van der Waals surface area contributed by atoms with E-state index in [9.17, 15) is 4.79 Å². The van der Waals surface area contributed by atoms with Gasteiger partial charge in [-0.25, -0.2) is 0 Å². The van der Waals surface area contributed by atoms with E-state index in [2.05, 4.69) is 15.5 Å². The second kappa shape index (κ2) is 6.18. The Kier molecular flexibility index (Phi) is 4.53. The normalized spacial score (nSPS) is 10.5. The highest BCUT2D eigenvalue weighted by molar-refractivity contribution is 6.33. The molecule has 0 aliphatic heterocycles. The molecule has 2 N–H and O–H groups in total. The van der Waals surface area contributed by atoms with Gasteiger partial charge in [0.2, 0.25) is 0 Å². The molecule has 112 valence electrons. The summed E-state index contributed by atoms with van der Waals surface area (Å²) in [5.74, 6) is -0.0506. The van der Waals surface area contributed by atoms with Crippen LogP contribution in [0.2, 0.25) is 5.02 Å². The molecule has 1 amide bonds. The largest absolute Gasteiger partial charge is 0.380 e. The van der Waals surface area contributed by atoms with Crippen LogP contribution in [0.5, 0.6) is 0 Å². The number of aromatic nitrogens is 2. The van der Waals surface area contributed by atoms with Crippen molar-refractivity contribution >= 4 is 23.2 Å². The average molecular weight is 307 g/mol. The van der Waals surface area contributed by atoms with E-state index in [1.54, 1.807) is 32.3 Å². The Morgan fingerprint density at radius 2 is 2.10 bits per heavy atom. The van der Waals surface area contributed by atoms with Crippen molar-refractivity contribution in [3.8, 4) is 0 Å². The number of carbonyl (C=O) groups is 1. The van der Waals surface area contributed by atoms with Gasteiger partial charge in [-0.3, -0.25) is 9.89 Å². The lowest BCUT2D eigenvalue weighted by atomic mass is 10.1. The number of carbonyl (C=O) groups excluding carboxylic acids is 1. The second-order valence-corrected chi connectivity index (χ2v) is 5.57. The molecule has 2 aromatic rings. The highest BCUT2D eigenvalue weighted by atomic mass is 35.5. The molecule has 21 heavy (non-hydrogen) atoms. The Labute approximate surface area is 129 Å². The van der Waals surface area contributed by atoms with Crippen molar-refractivity contribution in [3.63, 3.8) is 0 Å². The van der Waals surface area contributed by atoms with Crippen molar-refractivity contribution in [2.75, 3.05) is 19.4 Å². The number of rotatable bonds is 4. The van der Waals surface area contributed by atoms with E-state index in [1.807, 2.05) is 13.8 Å². The number of halogens is 1. The molecule has 6 heteroatoms. The first-order chi connectivity index (χ1) is 9.90. The van der Waals surface area contributed by atoms with E-state index >= 15 is 0 Å².